The minimum atomic E-state index is 0. The number of hydrogen-bond donors (Lipinski definition) is 0. The molecule has 1 aliphatic heterocycles. The van der Waals surface area contributed by atoms with E-state index in [1.807, 2.05) is 0 Å². The molecule has 0 aromatic carbocycles. The van der Waals surface area contributed by atoms with Crippen LogP contribution in [0.4, 0.5) is 9.15 Å². The Morgan fingerprint density at radius 1 is 1.00 bits per heavy atom. The van der Waals surface area contributed by atoms with Crippen LogP contribution in [-0.4, -0.2) is 28.6 Å². The lowest BCUT2D eigenvalue weighted by Crippen LogP contribution is -3.00. The molecule has 14 heavy (non-hydrogen) atoms. The Morgan fingerprint density at radius 3 is 1.43 bits per heavy atom. The molecule has 88 valence electrons. The quantitative estimate of drug-likeness (QED) is 0.634. The first-order valence-electron chi connectivity index (χ1n) is 4.45. The molecule has 5 heteroatoms. The molecule has 0 spiro atoms. The van der Waals surface area contributed by atoms with Crippen LogP contribution in [0.15, 0.2) is 12.4 Å². The summed E-state index contributed by atoms with van der Waals surface area (Å²) in [5, 5.41) is 0. The van der Waals surface area contributed by atoms with Gasteiger partial charge in [-0.2, -0.15) is 0 Å². The van der Waals surface area contributed by atoms with Crippen molar-refractivity contribution in [1.82, 2.24) is 9.80 Å². The van der Waals surface area contributed by atoms with Crippen LogP contribution in [0, 0.1) is 0 Å². The fourth-order valence-electron chi connectivity index (χ4n) is 1.12. The molecule has 0 aromatic heterocycles. The van der Waals surface area contributed by atoms with Crippen LogP contribution in [-0.2, 0) is 0 Å². The van der Waals surface area contributed by atoms with Crippen LogP contribution in [0.25, 0.3) is 0 Å². The fraction of sp³-hybridized carbons (Fsp3) is 0.778. The molecule has 0 N–H and O–H groups in total. The first-order valence-corrected chi connectivity index (χ1v) is 4.45. The highest BCUT2D eigenvalue weighted by Crippen LogP contribution is 2.12. The molecule has 0 atom stereocenters. The van der Waals surface area contributed by atoms with E-state index in [1.54, 1.807) is 0 Å². The smallest absolute Gasteiger partial charge is 0.0898 e. The summed E-state index contributed by atoms with van der Waals surface area (Å²) in [6.07, 6.45) is 4.34. The van der Waals surface area contributed by atoms with Crippen molar-refractivity contribution in [2.24, 2.45) is 0 Å². The lowest BCUT2D eigenvalue weighted by atomic mass is 10.3. The molecule has 0 radical (unpaired) electrons. The third kappa shape index (κ3) is 4.39. The second-order valence-electron chi connectivity index (χ2n) is 3.66. The van der Waals surface area contributed by atoms with E-state index in [1.165, 1.54) is 0 Å². The van der Waals surface area contributed by atoms with Gasteiger partial charge in [-0.15, -0.1) is 0 Å². The van der Waals surface area contributed by atoms with Gasteiger partial charge in [0.05, 0.1) is 6.67 Å². The van der Waals surface area contributed by atoms with Crippen LogP contribution >= 0.6 is 0 Å². The van der Waals surface area contributed by atoms with Crippen LogP contribution < -0.4 is 4.70 Å². The van der Waals surface area contributed by atoms with Crippen molar-refractivity contribution in [2.75, 3.05) is 6.67 Å². The van der Waals surface area contributed by atoms with E-state index in [0.717, 1.165) is 6.67 Å². The zero-order valence-electron chi connectivity index (χ0n) is 9.04. The molecule has 1 heterocycles. The van der Waals surface area contributed by atoms with Crippen molar-refractivity contribution in [3.63, 3.8) is 0 Å². The van der Waals surface area contributed by atoms with Gasteiger partial charge in [0.25, 0.3) is 0 Å². The second kappa shape index (κ2) is 7.53. The molecule has 0 bridgehead atoms. The fourth-order valence-corrected chi connectivity index (χ4v) is 1.12. The predicted molar refractivity (Wildman–Crippen MR) is 52.3 cm³/mol. The van der Waals surface area contributed by atoms with Crippen LogP contribution in [0.1, 0.15) is 29.1 Å². The molecule has 0 fully saturated rings. The summed E-state index contributed by atoms with van der Waals surface area (Å²) in [7, 11) is 0. The first kappa shape index (κ1) is 15.6. The van der Waals surface area contributed by atoms with Gasteiger partial charge in [0, 0.05) is 35.1 Å². The lowest BCUT2D eigenvalue weighted by molar-refractivity contribution is -0.00000390. The minimum Gasteiger partial charge on any atom is -1.00 e. The molecule has 0 aromatic rings. The second-order valence-corrected chi connectivity index (χ2v) is 3.66. The highest BCUT2D eigenvalue weighted by Gasteiger charge is 2.15. The third-order valence-corrected chi connectivity index (χ3v) is 2.10. The number of rotatable bonds is 2. The normalized spacial score (nSPS) is 14.3. The Labute approximate surface area is 84.9 Å². The van der Waals surface area contributed by atoms with Gasteiger partial charge in [-0.1, -0.05) is 0 Å². The van der Waals surface area contributed by atoms with Crippen molar-refractivity contribution < 1.29 is 15.3 Å². The predicted octanol–water partition coefficient (Wildman–Crippen LogP) is -0.0601. The molecule has 0 aliphatic carbocycles. The van der Waals surface area contributed by atoms with Gasteiger partial charge in [0.2, 0.25) is 0 Å². The minimum absolute atomic E-state index is 0. The van der Waals surface area contributed by atoms with Gasteiger partial charge >= 0.3 is 0 Å². The van der Waals surface area contributed by atoms with Crippen molar-refractivity contribution in [3.8, 4) is 0 Å². The summed E-state index contributed by atoms with van der Waals surface area (Å²) < 4.78 is 16.0. The van der Waals surface area contributed by atoms with E-state index < -0.39 is 0 Å². The highest BCUT2D eigenvalue weighted by molar-refractivity contribution is 4.93. The van der Waals surface area contributed by atoms with E-state index in [2.05, 4.69) is 49.9 Å². The zero-order valence-corrected chi connectivity index (χ0v) is 9.04. The third-order valence-electron chi connectivity index (χ3n) is 2.10. The number of nitrogens with zero attached hydrogens (tertiary/aromatic N) is 2. The molecule has 0 unspecified atom stereocenters. The summed E-state index contributed by atoms with van der Waals surface area (Å²) in [6, 6.07) is 1.24. The summed E-state index contributed by atoms with van der Waals surface area (Å²) in [4.78, 5) is 4.67. The van der Waals surface area contributed by atoms with Crippen molar-refractivity contribution >= 4 is 0 Å². The summed E-state index contributed by atoms with van der Waals surface area (Å²) >= 11 is 0. The van der Waals surface area contributed by atoms with E-state index in [-0.39, 0.29) is 6.13 Å². The summed E-state index contributed by atoms with van der Waals surface area (Å²) in [5.41, 5.74) is 0. The molecule has 0 saturated heterocycles. The van der Waals surface area contributed by atoms with E-state index in [0.29, 0.717) is 12.1 Å². The monoisotopic (exact) mass is 213 g/mol. The van der Waals surface area contributed by atoms with Gasteiger partial charge in [0.1, 0.15) is 0 Å². The maximum absolute atomic E-state index is 8.00. The first-order chi connectivity index (χ1) is 6.11. The maximum atomic E-state index is 8.00. The molecular formula is C9H20F3N2-. The topological polar surface area (TPSA) is 6.48 Å². The Bertz CT molecular complexity index is 149. The Balaban J connectivity index is -0.000000339. The van der Waals surface area contributed by atoms with E-state index in [4.69, 9.17) is 9.15 Å². The van der Waals surface area contributed by atoms with Crippen molar-refractivity contribution in [3.05, 3.63) is 12.4 Å². The summed E-state index contributed by atoms with van der Waals surface area (Å²) in [6.45, 7) is 9.92. The van der Waals surface area contributed by atoms with Gasteiger partial charge in [-0.3, -0.25) is 0 Å². The molecule has 0 saturated carbocycles. The average molecular weight is 213 g/mol. The molecule has 1 rings (SSSR count). The van der Waals surface area contributed by atoms with Crippen LogP contribution in [0.2, 0.25) is 0 Å². The number of hydrogen-bond acceptors (Lipinski definition) is 2. The summed E-state index contributed by atoms with van der Waals surface area (Å²) in [5.74, 6) is 0. The molecule has 0 amide bonds. The lowest BCUT2D eigenvalue weighted by Gasteiger charge is -2.26. The zero-order chi connectivity index (χ0) is 10.4. The molecular weight excluding hydrogens is 193 g/mol. The van der Waals surface area contributed by atoms with E-state index >= 15 is 0 Å². The van der Waals surface area contributed by atoms with Gasteiger partial charge < -0.3 is 14.5 Å². The van der Waals surface area contributed by atoms with Gasteiger partial charge in [-0.05, 0) is 27.7 Å². The van der Waals surface area contributed by atoms with Gasteiger partial charge in [-0.25, -0.2) is 0 Å². The standard InChI is InChI=1S/C9H18N2.F2.FH.H2/c1-8(2)10-5-6-11(7-10)9(3)4;1-2;;/h5-6,8-9H,7H2,1-4H3;;2*1H/p-1. The Morgan fingerprint density at radius 2 is 1.29 bits per heavy atom. The van der Waals surface area contributed by atoms with Crippen molar-refractivity contribution in [1.29, 1.82) is 0 Å². The highest BCUT2D eigenvalue weighted by atomic mass is 20.0. The maximum Gasteiger partial charge on any atom is 0.0898 e. The molecule has 2 nitrogen and oxygen atoms in total. The Kier molecular flexibility index (Phi) is 8.38. The van der Waals surface area contributed by atoms with E-state index in [9.17, 15) is 0 Å². The van der Waals surface area contributed by atoms with Crippen molar-refractivity contribution in [2.45, 2.75) is 39.8 Å². The van der Waals surface area contributed by atoms with Gasteiger partial charge in [0.15, 0.2) is 0 Å². The van der Waals surface area contributed by atoms with Crippen LogP contribution in [0.5, 0.6) is 0 Å². The Hall–Kier alpha value is -0.870. The van der Waals surface area contributed by atoms with Crippen LogP contribution in [0.3, 0.4) is 0 Å². The average Bonchev–Trinajstić information content (AvgIpc) is 2.56. The number of halogens is 3. The largest absolute Gasteiger partial charge is 1.00 e. The molecule has 1 aliphatic rings. The SMILES string of the molecule is CC(C)N1C=CN(C(C)C)C1.FF.[F-].[HH].